The van der Waals surface area contributed by atoms with E-state index in [1.54, 1.807) is 30.3 Å². The van der Waals surface area contributed by atoms with Crippen LogP contribution in [0.3, 0.4) is 0 Å². The van der Waals surface area contributed by atoms with Crippen LogP contribution < -0.4 is 10.1 Å². The summed E-state index contributed by atoms with van der Waals surface area (Å²) in [4.78, 5) is 23.6. The average molecular weight is 495 g/mol. The maximum absolute atomic E-state index is 12.9. The lowest BCUT2D eigenvalue weighted by molar-refractivity contribution is -0.118. The van der Waals surface area contributed by atoms with Crippen LogP contribution >= 0.6 is 15.9 Å². The number of halogens is 1. The van der Waals surface area contributed by atoms with Crippen LogP contribution in [-0.4, -0.2) is 44.6 Å². The Morgan fingerprint density at radius 3 is 2.53 bits per heavy atom. The Morgan fingerprint density at radius 1 is 1.10 bits per heavy atom. The number of rotatable bonds is 7. The van der Waals surface area contributed by atoms with E-state index in [0.717, 1.165) is 30.2 Å². The van der Waals surface area contributed by atoms with Crippen molar-refractivity contribution in [1.29, 1.82) is 0 Å². The number of amides is 1. The Labute approximate surface area is 184 Å². The van der Waals surface area contributed by atoms with Crippen molar-refractivity contribution in [3.05, 3.63) is 52.5 Å². The van der Waals surface area contributed by atoms with Crippen LogP contribution in [0.4, 0.5) is 5.69 Å². The van der Waals surface area contributed by atoms with Crippen LogP contribution in [-0.2, 0) is 14.8 Å². The fourth-order valence-corrected chi connectivity index (χ4v) is 5.19. The molecular formula is C21H23BrN2O5S. The molecule has 0 radical (unpaired) electrons. The van der Waals surface area contributed by atoms with Gasteiger partial charge in [0, 0.05) is 23.2 Å². The summed E-state index contributed by atoms with van der Waals surface area (Å²) < 4.78 is 33.5. The van der Waals surface area contributed by atoms with Gasteiger partial charge in [0.2, 0.25) is 10.0 Å². The molecule has 0 unspecified atom stereocenters. The smallest absolute Gasteiger partial charge is 0.262 e. The number of carbonyl (C=O) groups is 2. The van der Waals surface area contributed by atoms with Crippen LogP contribution in [0.25, 0.3) is 0 Å². The van der Waals surface area contributed by atoms with Gasteiger partial charge in [-0.3, -0.25) is 9.59 Å². The molecule has 7 nitrogen and oxygen atoms in total. The fraction of sp³-hybridized carbons (Fsp3) is 0.333. The molecule has 2 aromatic rings. The molecule has 0 aliphatic carbocycles. The fourth-order valence-electron chi connectivity index (χ4n) is 3.25. The minimum atomic E-state index is -3.60. The number of nitrogens with zero attached hydrogens (tertiary/aromatic N) is 1. The number of benzene rings is 2. The molecule has 1 fully saturated rings. The van der Waals surface area contributed by atoms with Gasteiger partial charge in [-0.2, -0.15) is 4.31 Å². The summed E-state index contributed by atoms with van der Waals surface area (Å²) in [5, 5.41) is 2.64. The number of hydrogen-bond donors (Lipinski definition) is 1. The first-order valence-electron chi connectivity index (χ1n) is 9.68. The van der Waals surface area contributed by atoms with Gasteiger partial charge in [-0.25, -0.2) is 8.42 Å². The van der Waals surface area contributed by atoms with Crippen molar-refractivity contribution in [1.82, 2.24) is 4.31 Å². The topological polar surface area (TPSA) is 92.8 Å². The molecule has 1 aliphatic rings. The number of nitrogens with one attached hydrogen (secondary N) is 1. The Hall–Kier alpha value is -2.23. The van der Waals surface area contributed by atoms with Gasteiger partial charge in [0.05, 0.1) is 10.5 Å². The summed E-state index contributed by atoms with van der Waals surface area (Å²) in [6.07, 6.45) is 4.42. The number of ether oxygens (including phenoxy) is 1. The zero-order valence-corrected chi connectivity index (χ0v) is 18.7. The average Bonchev–Trinajstić information content (AvgIpc) is 3.03. The van der Waals surface area contributed by atoms with Gasteiger partial charge in [0.15, 0.2) is 12.9 Å². The third-order valence-electron chi connectivity index (χ3n) is 4.78. The molecule has 0 spiro atoms. The normalized spacial score (nSPS) is 15.2. The Bertz CT molecular complexity index is 1020. The summed E-state index contributed by atoms with van der Waals surface area (Å²) in [6.45, 7) is 0.712. The monoisotopic (exact) mass is 494 g/mol. The molecule has 2 aromatic carbocycles. The second-order valence-electron chi connectivity index (χ2n) is 6.98. The van der Waals surface area contributed by atoms with Crippen LogP contribution in [0, 0.1) is 0 Å². The molecule has 1 amide bonds. The maximum Gasteiger partial charge on any atom is 0.262 e. The zero-order chi connectivity index (χ0) is 21.6. The minimum absolute atomic E-state index is 0.152. The van der Waals surface area contributed by atoms with Crippen molar-refractivity contribution in [3.8, 4) is 5.75 Å². The van der Waals surface area contributed by atoms with E-state index in [4.69, 9.17) is 4.74 Å². The van der Waals surface area contributed by atoms with Crippen molar-refractivity contribution < 1.29 is 22.7 Å². The number of carbonyl (C=O) groups excluding carboxylic acids is 2. The van der Waals surface area contributed by atoms with Crippen molar-refractivity contribution in [3.63, 3.8) is 0 Å². The molecule has 160 valence electrons. The zero-order valence-electron chi connectivity index (χ0n) is 16.3. The molecule has 0 atom stereocenters. The highest BCUT2D eigenvalue weighted by molar-refractivity contribution is 9.10. The van der Waals surface area contributed by atoms with E-state index in [9.17, 15) is 18.0 Å². The molecule has 1 saturated heterocycles. The van der Waals surface area contributed by atoms with Gasteiger partial charge < -0.3 is 10.1 Å². The first-order chi connectivity index (χ1) is 14.4. The van der Waals surface area contributed by atoms with Crippen molar-refractivity contribution in [2.45, 2.75) is 30.6 Å². The third kappa shape index (κ3) is 5.68. The summed E-state index contributed by atoms with van der Waals surface area (Å²) in [7, 11) is -3.60. The Kier molecular flexibility index (Phi) is 7.63. The van der Waals surface area contributed by atoms with Crippen molar-refractivity contribution >= 4 is 43.8 Å². The van der Waals surface area contributed by atoms with Gasteiger partial charge in [-0.05, 0) is 49.2 Å². The van der Waals surface area contributed by atoms with Crippen molar-refractivity contribution in [2.75, 3.05) is 25.0 Å². The van der Waals surface area contributed by atoms with Crippen LogP contribution in [0.1, 0.15) is 36.0 Å². The van der Waals surface area contributed by atoms with Gasteiger partial charge in [-0.15, -0.1) is 0 Å². The number of aldehydes is 1. The summed E-state index contributed by atoms with van der Waals surface area (Å²) in [6, 6.07) is 11.1. The van der Waals surface area contributed by atoms with Crippen molar-refractivity contribution in [2.24, 2.45) is 0 Å². The summed E-state index contributed by atoms with van der Waals surface area (Å²) in [5.74, 6) is -0.167. The van der Waals surface area contributed by atoms with E-state index in [2.05, 4.69) is 21.2 Å². The standard InChI is InChI=1S/C21H23BrN2O5S/c22-17-8-9-20(16(12-17)14-25)29-15-21(26)23-18-6-5-7-19(13-18)30(27,28)24-10-3-1-2-4-11-24/h5-9,12-14H,1-4,10-11,15H2,(H,23,26). The van der Waals surface area contributed by atoms with Crippen LogP contribution in [0.2, 0.25) is 0 Å². The first-order valence-corrected chi connectivity index (χ1v) is 11.9. The molecule has 30 heavy (non-hydrogen) atoms. The van der Waals surface area contributed by atoms with Gasteiger partial charge in [-0.1, -0.05) is 34.8 Å². The first kappa shape index (κ1) is 22.5. The second-order valence-corrected chi connectivity index (χ2v) is 9.84. The van der Waals surface area contributed by atoms with Gasteiger partial charge >= 0.3 is 0 Å². The minimum Gasteiger partial charge on any atom is -0.483 e. The Balaban J connectivity index is 1.66. The molecule has 1 N–H and O–H groups in total. The third-order valence-corrected chi connectivity index (χ3v) is 7.17. The number of sulfonamides is 1. The highest BCUT2D eigenvalue weighted by atomic mass is 79.9. The molecule has 0 bridgehead atoms. The maximum atomic E-state index is 12.9. The lowest BCUT2D eigenvalue weighted by atomic mass is 10.2. The molecule has 0 aromatic heterocycles. The quantitative estimate of drug-likeness (QED) is 0.590. The molecule has 1 aliphatic heterocycles. The van der Waals surface area contributed by atoms with E-state index in [0.29, 0.717) is 36.4 Å². The lowest BCUT2D eigenvalue weighted by Gasteiger charge is -2.20. The number of anilines is 1. The van der Waals surface area contributed by atoms with E-state index in [-0.39, 0.29) is 11.5 Å². The lowest BCUT2D eigenvalue weighted by Crippen LogP contribution is -2.32. The van der Waals surface area contributed by atoms with E-state index < -0.39 is 15.9 Å². The summed E-state index contributed by atoms with van der Waals surface area (Å²) in [5.41, 5.74) is 0.689. The highest BCUT2D eigenvalue weighted by Gasteiger charge is 2.25. The largest absolute Gasteiger partial charge is 0.483 e. The van der Waals surface area contributed by atoms with Gasteiger partial charge in [0.1, 0.15) is 5.75 Å². The highest BCUT2D eigenvalue weighted by Crippen LogP contribution is 2.24. The van der Waals surface area contributed by atoms with E-state index >= 15 is 0 Å². The predicted octanol–water partition coefficient (Wildman–Crippen LogP) is 3.84. The van der Waals surface area contributed by atoms with Gasteiger partial charge in [0.25, 0.3) is 5.91 Å². The second kappa shape index (κ2) is 10.2. The van der Waals surface area contributed by atoms with E-state index in [1.807, 2.05) is 0 Å². The molecule has 9 heteroatoms. The predicted molar refractivity (Wildman–Crippen MR) is 117 cm³/mol. The van der Waals surface area contributed by atoms with Crippen LogP contribution in [0.5, 0.6) is 5.75 Å². The Morgan fingerprint density at radius 2 is 1.83 bits per heavy atom. The molecule has 0 saturated carbocycles. The molecule has 1 heterocycles. The number of hydrogen-bond acceptors (Lipinski definition) is 5. The SMILES string of the molecule is O=Cc1cc(Br)ccc1OCC(=O)Nc1cccc(S(=O)(=O)N2CCCCCC2)c1. The molecule has 3 rings (SSSR count). The summed E-state index contributed by atoms with van der Waals surface area (Å²) >= 11 is 3.27. The van der Waals surface area contributed by atoms with E-state index in [1.165, 1.54) is 16.4 Å². The molecular weight excluding hydrogens is 472 g/mol. The van der Waals surface area contributed by atoms with Crippen LogP contribution in [0.15, 0.2) is 51.8 Å².